The molecule has 0 N–H and O–H groups in total. The van der Waals surface area contributed by atoms with Gasteiger partial charge in [0, 0.05) is 5.75 Å². The van der Waals surface area contributed by atoms with Crippen molar-refractivity contribution in [1.29, 1.82) is 0 Å². The first-order chi connectivity index (χ1) is 14.3. The fourth-order valence-corrected chi connectivity index (χ4v) is 5.46. The topological polar surface area (TPSA) is 18.0 Å². The van der Waals surface area contributed by atoms with Gasteiger partial charge in [0.25, 0.3) is 0 Å². The van der Waals surface area contributed by atoms with Crippen LogP contribution in [-0.2, 0) is 18.3 Å². The predicted molar refractivity (Wildman–Crippen MR) is 126 cm³/mol. The molecule has 1 aromatic rings. The summed E-state index contributed by atoms with van der Waals surface area (Å²) in [5.74, 6) is 1.14. The summed E-state index contributed by atoms with van der Waals surface area (Å²) in [6, 6.07) is 0. The minimum Gasteiger partial charge on any atom is -1.00 e. The van der Waals surface area contributed by atoms with E-state index in [1.165, 1.54) is 103 Å². The van der Waals surface area contributed by atoms with Gasteiger partial charge in [-0.2, -0.15) is 0 Å². The largest absolute Gasteiger partial charge is 1.00 e. The Morgan fingerprint density at radius 3 is 1.90 bits per heavy atom. The van der Waals surface area contributed by atoms with E-state index < -0.39 is 0 Å². The Hall–Kier alpha value is 0. The van der Waals surface area contributed by atoms with Crippen molar-refractivity contribution in [3.05, 3.63) is 18.7 Å². The number of aryl methyl sites for hydroxylation is 1. The van der Waals surface area contributed by atoms with Gasteiger partial charge in [-0.15, -0.1) is 11.8 Å². The zero-order valence-corrected chi connectivity index (χ0v) is 22.1. The van der Waals surface area contributed by atoms with Gasteiger partial charge in [0.1, 0.15) is 30.5 Å². The number of ether oxygens (including phenoxy) is 1. The van der Waals surface area contributed by atoms with E-state index in [9.17, 15) is 0 Å². The van der Waals surface area contributed by atoms with Crippen molar-refractivity contribution in [2.24, 2.45) is 7.05 Å². The standard InChI is InChI=1S/C25H47N2OS.BrH/c1-3-4-5-6-7-8-9-10-11-12-13-14-15-16-17-18-25-28-24(22-29-25)21-27-20-19-26(2)23-27;/h19-20,23-25H,3-18,21-22H2,1-2H3;1H/q+1;/p-1. The van der Waals surface area contributed by atoms with E-state index in [-0.39, 0.29) is 17.0 Å². The number of hydrogen-bond acceptors (Lipinski definition) is 2. The van der Waals surface area contributed by atoms with Gasteiger partial charge in [-0.25, -0.2) is 9.13 Å². The van der Waals surface area contributed by atoms with Gasteiger partial charge >= 0.3 is 0 Å². The van der Waals surface area contributed by atoms with Gasteiger partial charge < -0.3 is 21.7 Å². The van der Waals surface area contributed by atoms with Crippen molar-refractivity contribution in [3.63, 3.8) is 0 Å². The van der Waals surface area contributed by atoms with Crippen molar-refractivity contribution >= 4 is 11.8 Å². The summed E-state index contributed by atoms with van der Waals surface area (Å²) in [4.78, 5) is 0. The van der Waals surface area contributed by atoms with Gasteiger partial charge in [-0.1, -0.05) is 96.8 Å². The third-order valence-corrected chi connectivity index (χ3v) is 7.38. The number of unbranched alkanes of at least 4 members (excludes halogenated alkanes) is 14. The SMILES string of the molecule is CCCCCCCCCCCCCCCCCC1OC(Cn2cc[n+](C)c2)CS1.[Br-]. The fraction of sp³-hybridized carbons (Fsp3) is 0.880. The Labute approximate surface area is 201 Å². The summed E-state index contributed by atoms with van der Waals surface area (Å²) in [7, 11) is 2.07. The zero-order chi connectivity index (χ0) is 20.6. The van der Waals surface area contributed by atoms with Crippen LogP contribution in [0.5, 0.6) is 0 Å². The number of halogens is 1. The maximum atomic E-state index is 6.23. The van der Waals surface area contributed by atoms with Crippen LogP contribution in [0.2, 0.25) is 0 Å². The van der Waals surface area contributed by atoms with E-state index >= 15 is 0 Å². The van der Waals surface area contributed by atoms with Gasteiger partial charge in [0.2, 0.25) is 6.33 Å². The first kappa shape index (κ1) is 28.0. The third kappa shape index (κ3) is 13.4. The monoisotopic (exact) mass is 502 g/mol. The van der Waals surface area contributed by atoms with Crippen LogP contribution in [0.25, 0.3) is 0 Å². The molecule has 3 nitrogen and oxygen atoms in total. The summed E-state index contributed by atoms with van der Waals surface area (Å²) < 4.78 is 10.6. The Bertz CT molecular complexity index is 511. The second-order valence-corrected chi connectivity index (χ2v) is 10.2. The van der Waals surface area contributed by atoms with Crippen molar-refractivity contribution in [2.75, 3.05) is 5.75 Å². The summed E-state index contributed by atoms with van der Waals surface area (Å²) in [6.07, 6.45) is 29.5. The second-order valence-electron chi connectivity index (χ2n) is 9.04. The summed E-state index contributed by atoms with van der Waals surface area (Å²) >= 11 is 2.02. The molecule has 1 aromatic heterocycles. The molecule has 30 heavy (non-hydrogen) atoms. The van der Waals surface area contributed by atoms with E-state index in [0.29, 0.717) is 11.5 Å². The number of rotatable bonds is 18. The van der Waals surface area contributed by atoms with Crippen LogP contribution in [-0.4, -0.2) is 21.9 Å². The molecule has 0 amide bonds. The van der Waals surface area contributed by atoms with Gasteiger partial charge in [0.15, 0.2) is 0 Å². The molecule has 176 valence electrons. The molecule has 0 saturated carbocycles. The lowest BCUT2D eigenvalue weighted by molar-refractivity contribution is -0.671. The van der Waals surface area contributed by atoms with Crippen LogP contribution in [0.4, 0.5) is 0 Å². The highest BCUT2D eigenvalue weighted by Crippen LogP contribution is 2.30. The van der Waals surface area contributed by atoms with Crippen LogP contribution in [0.1, 0.15) is 110 Å². The molecule has 2 unspecified atom stereocenters. The number of hydrogen-bond donors (Lipinski definition) is 0. The number of nitrogens with zero attached hydrogens (tertiary/aromatic N) is 2. The molecular formula is C25H47BrN2OS. The first-order valence-electron chi connectivity index (χ1n) is 12.6. The van der Waals surface area contributed by atoms with E-state index in [1.807, 2.05) is 11.8 Å². The van der Waals surface area contributed by atoms with E-state index in [0.717, 1.165) is 12.3 Å². The van der Waals surface area contributed by atoms with Crippen molar-refractivity contribution in [1.82, 2.24) is 4.57 Å². The molecule has 0 spiro atoms. The lowest BCUT2D eigenvalue weighted by Gasteiger charge is -2.11. The highest BCUT2D eigenvalue weighted by molar-refractivity contribution is 8.00. The average Bonchev–Trinajstić information content (AvgIpc) is 3.33. The molecule has 1 saturated heterocycles. The first-order valence-corrected chi connectivity index (χ1v) is 13.6. The number of thioether (sulfide) groups is 1. The maximum absolute atomic E-state index is 6.23. The molecule has 2 atom stereocenters. The lowest BCUT2D eigenvalue weighted by Crippen LogP contribution is -3.00. The molecule has 2 heterocycles. The van der Waals surface area contributed by atoms with Gasteiger partial charge in [-0.05, 0) is 12.8 Å². The minimum absolute atomic E-state index is 0. The number of imidazole rings is 1. The third-order valence-electron chi connectivity index (χ3n) is 6.09. The van der Waals surface area contributed by atoms with Crippen LogP contribution in [0.15, 0.2) is 18.7 Å². The van der Waals surface area contributed by atoms with Gasteiger partial charge in [-0.3, -0.25) is 0 Å². The van der Waals surface area contributed by atoms with Crippen LogP contribution >= 0.6 is 11.8 Å². The molecule has 0 aromatic carbocycles. The van der Waals surface area contributed by atoms with E-state index in [2.05, 4.69) is 41.8 Å². The quantitative estimate of drug-likeness (QED) is 0.222. The maximum Gasteiger partial charge on any atom is 0.243 e. The molecule has 1 aliphatic rings. The van der Waals surface area contributed by atoms with Crippen molar-refractivity contribution in [3.8, 4) is 0 Å². The van der Waals surface area contributed by atoms with Crippen LogP contribution in [0, 0.1) is 0 Å². The second kappa shape index (κ2) is 18.6. The molecule has 5 heteroatoms. The van der Waals surface area contributed by atoms with Crippen LogP contribution < -0.4 is 21.5 Å². The van der Waals surface area contributed by atoms with Gasteiger partial charge in [0.05, 0.1) is 7.05 Å². The van der Waals surface area contributed by atoms with E-state index in [4.69, 9.17) is 4.74 Å². The Balaban J connectivity index is 0.00000450. The lowest BCUT2D eigenvalue weighted by atomic mass is 10.0. The summed E-state index contributed by atoms with van der Waals surface area (Å²) in [5.41, 5.74) is 0.436. The summed E-state index contributed by atoms with van der Waals surface area (Å²) in [6.45, 7) is 3.29. The average molecular weight is 504 g/mol. The molecular weight excluding hydrogens is 456 g/mol. The molecule has 0 bridgehead atoms. The minimum atomic E-state index is 0. The molecule has 0 aliphatic carbocycles. The fourth-order valence-electron chi connectivity index (χ4n) is 4.28. The molecule has 1 aliphatic heterocycles. The highest BCUT2D eigenvalue weighted by atomic mass is 79.9. The predicted octanol–water partition coefficient (Wildman–Crippen LogP) is 4.04. The van der Waals surface area contributed by atoms with Crippen LogP contribution in [0.3, 0.4) is 0 Å². The molecule has 1 fully saturated rings. The number of aromatic nitrogens is 2. The van der Waals surface area contributed by atoms with Crippen molar-refractivity contribution < 1.29 is 26.3 Å². The highest BCUT2D eigenvalue weighted by Gasteiger charge is 2.27. The Kier molecular flexibility index (Phi) is 17.3. The summed E-state index contributed by atoms with van der Waals surface area (Å²) in [5, 5.41) is 0. The smallest absolute Gasteiger partial charge is 0.243 e. The Morgan fingerprint density at radius 2 is 1.40 bits per heavy atom. The zero-order valence-electron chi connectivity index (χ0n) is 19.7. The normalized spacial score (nSPS) is 18.6. The van der Waals surface area contributed by atoms with Crippen molar-refractivity contribution in [2.45, 2.75) is 128 Å². The Morgan fingerprint density at radius 1 is 0.867 bits per heavy atom. The molecule has 2 rings (SSSR count). The van der Waals surface area contributed by atoms with E-state index in [1.54, 1.807) is 0 Å². The molecule has 0 radical (unpaired) electrons.